The molecule has 0 saturated carbocycles. The topological polar surface area (TPSA) is 31.2 Å². The van der Waals surface area contributed by atoms with Gasteiger partial charge in [0.25, 0.3) is 5.56 Å². The Hall–Kier alpha value is -2.04. The second-order valence-electron chi connectivity index (χ2n) is 5.33. The number of benzene rings is 2. The first kappa shape index (κ1) is 16.8. The van der Waals surface area contributed by atoms with Gasteiger partial charge in [0.05, 0.1) is 6.54 Å². The lowest BCUT2D eigenvalue weighted by atomic mass is 10.2. The number of aromatic nitrogens is 1. The van der Waals surface area contributed by atoms with Crippen LogP contribution >= 0.6 is 27.5 Å². The van der Waals surface area contributed by atoms with Gasteiger partial charge in [-0.2, -0.15) is 0 Å². The third-order valence-electron chi connectivity index (χ3n) is 3.57. The molecule has 0 aliphatic heterocycles. The van der Waals surface area contributed by atoms with Crippen molar-refractivity contribution in [2.75, 3.05) is 0 Å². The first-order chi connectivity index (χ1) is 11.6. The fourth-order valence-corrected chi connectivity index (χ4v) is 2.89. The Bertz CT molecular complexity index is 876. The molecule has 0 N–H and O–H groups in total. The molecule has 1 aromatic heterocycles. The Labute approximate surface area is 153 Å². The highest BCUT2D eigenvalue weighted by molar-refractivity contribution is 9.10. The summed E-state index contributed by atoms with van der Waals surface area (Å²) in [4.78, 5) is 12.5. The lowest BCUT2D eigenvalue weighted by Gasteiger charge is -2.11. The molecule has 0 radical (unpaired) electrons. The van der Waals surface area contributed by atoms with E-state index in [-0.39, 0.29) is 5.56 Å². The van der Waals surface area contributed by atoms with E-state index in [2.05, 4.69) is 15.9 Å². The van der Waals surface area contributed by atoms with Gasteiger partial charge in [0, 0.05) is 11.2 Å². The average molecular weight is 405 g/mol. The number of nitrogens with zero attached hydrogens (tertiary/aromatic N) is 1. The summed E-state index contributed by atoms with van der Waals surface area (Å²) in [6.07, 6.45) is 1.74. The van der Waals surface area contributed by atoms with Crippen LogP contribution in [-0.4, -0.2) is 4.57 Å². The zero-order chi connectivity index (χ0) is 16.9. The number of hydrogen-bond acceptors (Lipinski definition) is 2. The molecule has 0 aliphatic rings. The number of pyridine rings is 1. The summed E-state index contributed by atoms with van der Waals surface area (Å²) in [5, 5.41) is 0.678. The molecular formula is C19H15BrClNO2. The Morgan fingerprint density at radius 1 is 0.958 bits per heavy atom. The van der Waals surface area contributed by atoms with E-state index in [1.165, 1.54) is 0 Å². The maximum Gasteiger partial charge on any atom is 0.268 e. The van der Waals surface area contributed by atoms with Crippen LogP contribution in [0.2, 0.25) is 5.02 Å². The average Bonchev–Trinajstić information content (AvgIpc) is 2.61. The molecule has 1 heterocycles. The smallest absolute Gasteiger partial charge is 0.268 e. The van der Waals surface area contributed by atoms with E-state index in [0.717, 1.165) is 11.1 Å². The van der Waals surface area contributed by atoms with Crippen molar-refractivity contribution >= 4 is 27.5 Å². The molecule has 0 aliphatic carbocycles. The molecule has 5 heteroatoms. The predicted octanol–water partition coefficient (Wildman–Crippen LogP) is 4.89. The van der Waals surface area contributed by atoms with Crippen LogP contribution in [0.25, 0.3) is 0 Å². The molecule has 0 bridgehead atoms. The summed E-state index contributed by atoms with van der Waals surface area (Å²) in [6, 6.07) is 19.1. The van der Waals surface area contributed by atoms with Crippen molar-refractivity contribution in [3.05, 3.63) is 97.8 Å². The predicted molar refractivity (Wildman–Crippen MR) is 99.7 cm³/mol. The molecule has 3 aromatic rings. The van der Waals surface area contributed by atoms with E-state index in [4.69, 9.17) is 16.3 Å². The van der Waals surface area contributed by atoms with Crippen LogP contribution < -0.4 is 10.3 Å². The van der Waals surface area contributed by atoms with Crippen molar-refractivity contribution in [1.29, 1.82) is 0 Å². The van der Waals surface area contributed by atoms with Gasteiger partial charge in [-0.25, -0.2) is 0 Å². The quantitative estimate of drug-likeness (QED) is 0.606. The van der Waals surface area contributed by atoms with Crippen molar-refractivity contribution < 1.29 is 4.74 Å². The van der Waals surface area contributed by atoms with Gasteiger partial charge in [-0.15, -0.1) is 0 Å². The van der Waals surface area contributed by atoms with Crippen molar-refractivity contribution in [1.82, 2.24) is 4.57 Å². The highest BCUT2D eigenvalue weighted by Gasteiger charge is 2.09. The molecule has 0 unspecified atom stereocenters. The van der Waals surface area contributed by atoms with Crippen molar-refractivity contribution in [2.24, 2.45) is 0 Å². The summed E-state index contributed by atoms with van der Waals surface area (Å²) in [6.45, 7) is 0.896. The summed E-state index contributed by atoms with van der Waals surface area (Å²) in [5.41, 5.74) is 1.93. The van der Waals surface area contributed by atoms with Crippen LogP contribution in [0.15, 0.2) is 76.1 Å². The maximum atomic E-state index is 12.5. The van der Waals surface area contributed by atoms with Gasteiger partial charge < -0.3 is 9.30 Å². The fourth-order valence-electron chi connectivity index (χ4n) is 2.29. The maximum absolute atomic E-state index is 12.5. The lowest BCUT2D eigenvalue weighted by Crippen LogP contribution is -2.21. The molecule has 3 rings (SSSR count). The number of rotatable bonds is 5. The summed E-state index contributed by atoms with van der Waals surface area (Å²) in [7, 11) is 0. The summed E-state index contributed by atoms with van der Waals surface area (Å²) in [5.74, 6) is 0.538. The monoisotopic (exact) mass is 403 g/mol. The van der Waals surface area contributed by atoms with Crippen LogP contribution in [0.4, 0.5) is 0 Å². The van der Waals surface area contributed by atoms with Crippen LogP contribution in [0.3, 0.4) is 0 Å². The van der Waals surface area contributed by atoms with Crippen LogP contribution in [0.5, 0.6) is 5.75 Å². The van der Waals surface area contributed by atoms with Gasteiger partial charge in [-0.1, -0.05) is 54.1 Å². The van der Waals surface area contributed by atoms with E-state index in [0.29, 0.717) is 28.4 Å². The lowest BCUT2D eigenvalue weighted by molar-refractivity contribution is 0.302. The molecule has 2 aromatic carbocycles. The molecule has 0 saturated heterocycles. The van der Waals surface area contributed by atoms with Crippen molar-refractivity contribution in [3.63, 3.8) is 0 Å². The fraction of sp³-hybridized carbons (Fsp3) is 0.105. The van der Waals surface area contributed by atoms with Crippen LogP contribution in [0, 0.1) is 0 Å². The molecule has 0 atom stereocenters. The minimum absolute atomic E-state index is 0.129. The van der Waals surface area contributed by atoms with Gasteiger partial charge in [-0.3, -0.25) is 4.79 Å². The first-order valence-electron chi connectivity index (χ1n) is 7.43. The van der Waals surface area contributed by atoms with E-state index < -0.39 is 0 Å². The zero-order valence-electron chi connectivity index (χ0n) is 12.8. The van der Waals surface area contributed by atoms with Gasteiger partial charge in [0.1, 0.15) is 16.8 Å². The Balaban J connectivity index is 1.76. The molecule has 122 valence electrons. The van der Waals surface area contributed by atoms with E-state index >= 15 is 0 Å². The van der Waals surface area contributed by atoms with Crippen molar-refractivity contribution in [3.8, 4) is 5.75 Å². The van der Waals surface area contributed by atoms with Gasteiger partial charge in [-0.05, 0) is 45.3 Å². The highest BCUT2D eigenvalue weighted by atomic mass is 79.9. The molecule has 0 amide bonds. The van der Waals surface area contributed by atoms with Crippen molar-refractivity contribution in [2.45, 2.75) is 13.2 Å². The summed E-state index contributed by atoms with van der Waals surface area (Å²) >= 11 is 9.23. The van der Waals surface area contributed by atoms with Crippen LogP contribution in [0.1, 0.15) is 11.1 Å². The number of halogens is 2. The Kier molecular flexibility index (Phi) is 5.38. The van der Waals surface area contributed by atoms with E-state index in [1.807, 2.05) is 54.6 Å². The second-order valence-corrected chi connectivity index (χ2v) is 6.56. The van der Waals surface area contributed by atoms with Crippen LogP contribution in [-0.2, 0) is 13.2 Å². The molecule has 24 heavy (non-hydrogen) atoms. The van der Waals surface area contributed by atoms with Gasteiger partial charge in [0.15, 0.2) is 0 Å². The second kappa shape index (κ2) is 7.69. The molecule has 3 nitrogen and oxygen atoms in total. The largest absolute Gasteiger partial charge is 0.487 e. The normalized spacial score (nSPS) is 10.6. The van der Waals surface area contributed by atoms with E-state index in [9.17, 15) is 4.79 Å². The minimum atomic E-state index is -0.129. The van der Waals surface area contributed by atoms with E-state index in [1.54, 1.807) is 16.8 Å². The summed E-state index contributed by atoms with van der Waals surface area (Å²) < 4.78 is 7.80. The number of hydrogen-bond donors (Lipinski definition) is 0. The molecular weight excluding hydrogens is 390 g/mol. The third kappa shape index (κ3) is 4.08. The zero-order valence-corrected chi connectivity index (χ0v) is 15.1. The SMILES string of the molecule is O=c1c(Br)c(OCc2ccccc2)ccn1Cc1ccc(Cl)cc1. The molecule has 0 spiro atoms. The highest BCUT2D eigenvalue weighted by Crippen LogP contribution is 2.22. The minimum Gasteiger partial charge on any atom is -0.487 e. The first-order valence-corrected chi connectivity index (χ1v) is 8.61. The van der Waals surface area contributed by atoms with Gasteiger partial charge in [0.2, 0.25) is 0 Å². The third-order valence-corrected chi connectivity index (χ3v) is 4.56. The number of ether oxygens (including phenoxy) is 1. The standard InChI is InChI=1S/C19H15BrClNO2/c20-18-17(24-13-15-4-2-1-3-5-15)10-11-22(19(18)23)12-14-6-8-16(21)9-7-14/h1-11H,12-13H2. The Morgan fingerprint density at radius 3 is 2.38 bits per heavy atom. The Morgan fingerprint density at radius 2 is 1.67 bits per heavy atom. The molecule has 0 fully saturated rings. The van der Waals surface area contributed by atoms with Gasteiger partial charge >= 0.3 is 0 Å².